The molecule has 2 aromatic rings. The minimum Gasteiger partial charge on any atom is -0.338 e. The zero-order valence-electron chi connectivity index (χ0n) is 12.1. The van der Waals surface area contributed by atoms with E-state index in [0.29, 0.717) is 15.8 Å². The van der Waals surface area contributed by atoms with Crippen LogP contribution in [-0.4, -0.2) is 10.0 Å². The van der Waals surface area contributed by atoms with Gasteiger partial charge in [0.05, 0.1) is 10.6 Å². The van der Waals surface area contributed by atoms with Crippen molar-refractivity contribution in [3.8, 4) is 0 Å². The lowest BCUT2D eigenvalue weighted by atomic mass is 10.0. The predicted octanol–water partition coefficient (Wildman–Crippen LogP) is 3.32. The van der Waals surface area contributed by atoms with E-state index in [1.807, 2.05) is 31.2 Å². The summed E-state index contributed by atoms with van der Waals surface area (Å²) in [6, 6.07) is 13.6. The number of halogens is 1. The van der Waals surface area contributed by atoms with E-state index in [9.17, 15) is 10.1 Å². The monoisotopic (exact) mass is 348 g/mol. The maximum Gasteiger partial charge on any atom is 0.269 e. The van der Waals surface area contributed by atoms with Crippen LogP contribution in [0.5, 0.6) is 0 Å². The lowest BCUT2D eigenvalue weighted by molar-refractivity contribution is -0.384. The maximum atomic E-state index is 10.7. The SMILES string of the molecule is C[C@]1(c2ccc(Cl)cc2)NC(=S)N(c2ccc([N+](=O)[O-])cc2)N1. The van der Waals surface area contributed by atoms with Crippen molar-refractivity contribution in [1.82, 2.24) is 10.7 Å². The van der Waals surface area contributed by atoms with Crippen molar-refractivity contribution in [2.45, 2.75) is 12.6 Å². The molecular formula is C15H13ClN4O2S. The highest BCUT2D eigenvalue weighted by atomic mass is 35.5. The Morgan fingerprint density at radius 2 is 1.78 bits per heavy atom. The van der Waals surface area contributed by atoms with Crippen LogP contribution in [0.1, 0.15) is 12.5 Å². The summed E-state index contributed by atoms with van der Waals surface area (Å²) in [5.74, 6) is 0. The molecule has 0 aliphatic carbocycles. The van der Waals surface area contributed by atoms with Gasteiger partial charge in [0.1, 0.15) is 5.66 Å². The Bertz CT molecular complexity index is 766. The molecule has 1 aliphatic heterocycles. The highest BCUT2D eigenvalue weighted by Gasteiger charge is 2.38. The highest BCUT2D eigenvalue weighted by molar-refractivity contribution is 7.80. The lowest BCUT2D eigenvalue weighted by Crippen LogP contribution is -2.45. The molecule has 1 fully saturated rings. The Kier molecular flexibility index (Phi) is 3.93. The lowest BCUT2D eigenvalue weighted by Gasteiger charge is -2.26. The summed E-state index contributed by atoms with van der Waals surface area (Å²) < 4.78 is 0. The molecule has 118 valence electrons. The average molecular weight is 349 g/mol. The molecule has 2 aromatic carbocycles. The molecule has 0 aromatic heterocycles. The molecule has 8 heteroatoms. The molecule has 1 atom stereocenters. The molecule has 0 saturated carbocycles. The standard InChI is InChI=1S/C15H13ClN4O2S/c1-15(10-2-4-11(16)5-3-10)17-14(23)19(18-15)12-6-8-13(9-7-12)20(21)22/h2-9,18H,1H3,(H,17,23)/t15-/m0/s1. The van der Waals surface area contributed by atoms with Gasteiger partial charge in [-0.05, 0) is 49.0 Å². The Morgan fingerprint density at radius 3 is 2.35 bits per heavy atom. The third-order valence-corrected chi connectivity index (χ3v) is 4.17. The number of nitro groups is 1. The Hall–Kier alpha value is -2.22. The number of non-ortho nitro benzene ring substituents is 1. The van der Waals surface area contributed by atoms with Crippen LogP contribution >= 0.6 is 23.8 Å². The molecule has 0 unspecified atom stereocenters. The van der Waals surface area contributed by atoms with Crippen LogP contribution in [0.2, 0.25) is 5.02 Å². The minimum absolute atomic E-state index is 0.0345. The normalized spacial score (nSPS) is 20.4. The fraction of sp³-hybridized carbons (Fsp3) is 0.133. The smallest absolute Gasteiger partial charge is 0.269 e. The van der Waals surface area contributed by atoms with Crippen molar-refractivity contribution in [1.29, 1.82) is 0 Å². The van der Waals surface area contributed by atoms with Crippen LogP contribution in [0, 0.1) is 10.1 Å². The van der Waals surface area contributed by atoms with Gasteiger partial charge in [0.2, 0.25) is 0 Å². The molecule has 1 aliphatic rings. The molecule has 0 amide bonds. The van der Waals surface area contributed by atoms with Gasteiger partial charge in [-0.1, -0.05) is 23.7 Å². The molecule has 0 bridgehead atoms. The van der Waals surface area contributed by atoms with Gasteiger partial charge in [-0.2, -0.15) is 5.43 Å². The summed E-state index contributed by atoms with van der Waals surface area (Å²) in [5, 5.41) is 16.8. The number of nitrogens with zero attached hydrogens (tertiary/aromatic N) is 2. The molecule has 0 spiro atoms. The predicted molar refractivity (Wildman–Crippen MR) is 93.2 cm³/mol. The molecule has 1 heterocycles. The number of hydrogen-bond donors (Lipinski definition) is 2. The number of benzene rings is 2. The summed E-state index contributed by atoms with van der Waals surface area (Å²) in [7, 11) is 0. The molecule has 1 saturated heterocycles. The summed E-state index contributed by atoms with van der Waals surface area (Å²) in [6.45, 7) is 1.95. The number of hydrazine groups is 1. The Labute approximate surface area is 143 Å². The van der Waals surface area contributed by atoms with E-state index in [-0.39, 0.29) is 5.69 Å². The molecule has 6 nitrogen and oxygen atoms in total. The largest absolute Gasteiger partial charge is 0.338 e. The van der Waals surface area contributed by atoms with E-state index in [0.717, 1.165) is 5.56 Å². The van der Waals surface area contributed by atoms with E-state index in [1.54, 1.807) is 17.1 Å². The number of anilines is 1. The van der Waals surface area contributed by atoms with Crippen LogP contribution in [0.3, 0.4) is 0 Å². The first-order valence-electron chi connectivity index (χ1n) is 6.80. The van der Waals surface area contributed by atoms with Crippen LogP contribution < -0.4 is 15.8 Å². The van der Waals surface area contributed by atoms with E-state index in [1.165, 1.54) is 12.1 Å². The van der Waals surface area contributed by atoms with Gasteiger partial charge in [-0.25, -0.2) is 5.01 Å². The summed E-state index contributed by atoms with van der Waals surface area (Å²) in [5.41, 5.74) is 4.41. The fourth-order valence-electron chi connectivity index (χ4n) is 2.40. The van der Waals surface area contributed by atoms with Gasteiger partial charge < -0.3 is 5.32 Å². The minimum atomic E-state index is -0.594. The maximum absolute atomic E-state index is 10.7. The van der Waals surface area contributed by atoms with Gasteiger partial charge >= 0.3 is 0 Å². The third kappa shape index (κ3) is 2.98. The number of nitro benzene ring substituents is 1. The van der Waals surface area contributed by atoms with Gasteiger partial charge in [0, 0.05) is 17.2 Å². The van der Waals surface area contributed by atoms with E-state index in [4.69, 9.17) is 23.8 Å². The summed E-state index contributed by atoms with van der Waals surface area (Å²) >= 11 is 11.3. The second-order valence-corrected chi connectivity index (χ2v) is 6.11. The van der Waals surface area contributed by atoms with Gasteiger partial charge in [-0.3, -0.25) is 10.1 Å². The molecule has 2 N–H and O–H groups in total. The van der Waals surface area contributed by atoms with Gasteiger partial charge in [0.15, 0.2) is 5.11 Å². The van der Waals surface area contributed by atoms with E-state index >= 15 is 0 Å². The number of rotatable bonds is 3. The molecular weight excluding hydrogens is 336 g/mol. The summed E-state index contributed by atoms with van der Waals surface area (Å²) in [4.78, 5) is 10.3. The van der Waals surface area contributed by atoms with Crippen molar-refractivity contribution in [3.05, 3.63) is 69.2 Å². The number of thiocarbonyl (C=S) groups is 1. The third-order valence-electron chi connectivity index (χ3n) is 3.64. The molecule has 3 rings (SSSR count). The quantitative estimate of drug-likeness (QED) is 0.504. The first kappa shape index (κ1) is 15.7. The van der Waals surface area contributed by atoms with Crippen LogP contribution in [0.15, 0.2) is 48.5 Å². The van der Waals surface area contributed by atoms with Crippen molar-refractivity contribution in [2.24, 2.45) is 0 Å². The van der Waals surface area contributed by atoms with Crippen molar-refractivity contribution in [3.63, 3.8) is 0 Å². The first-order chi connectivity index (χ1) is 10.9. The van der Waals surface area contributed by atoms with Crippen LogP contribution in [0.25, 0.3) is 0 Å². The number of nitrogens with one attached hydrogen (secondary N) is 2. The molecule has 0 radical (unpaired) electrons. The zero-order chi connectivity index (χ0) is 16.6. The zero-order valence-corrected chi connectivity index (χ0v) is 13.7. The highest BCUT2D eigenvalue weighted by Crippen LogP contribution is 2.28. The Morgan fingerprint density at radius 1 is 1.17 bits per heavy atom. The van der Waals surface area contributed by atoms with Gasteiger partial charge in [-0.15, -0.1) is 0 Å². The van der Waals surface area contributed by atoms with Crippen molar-refractivity contribution < 1.29 is 4.92 Å². The second-order valence-electron chi connectivity index (χ2n) is 5.28. The fourth-order valence-corrected chi connectivity index (χ4v) is 2.88. The average Bonchev–Trinajstić information content (AvgIpc) is 2.84. The van der Waals surface area contributed by atoms with Crippen LogP contribution in [-0.2, 0) is 5.66 Å². The van der Waals surface area contributed by atoms with Gasteiger partial charge in [0.25, 0.3) is 5.69 Å². The Balaban J connectivity index is 1.87. The van der Waals surface area contributed by atoms with Crippen LogP contribution in [0.4, 0.5) is 11.4 Å². The van der Waals surface area contributed by atoms with Crippen molar-refractivity contribution >= 4 is 40.3 Å². The number of hydrogen-bond acceptors (Lipinski definition) is 4. The second kappa shape index (κ2) is 5.77. The van der Waals surface area contributed by atoms with Crippen molar-refractivity contribution in [2.75, 3.05) is 5.01 Å². The molecule has 23 heavy (non-hydrogen) atoms. The summed E-state index contributed by atoms with van der Waals surface area (Å²) in [6.07, 6.45) is 0. The topological polar surface area (TPSA) is 70.4 Å². The van der Waals surface area contributed by atoms with E-state index < -0.39 is 10.6 Å². The van der Waals surface area contributed by atoms with E-state index in [2.05, 4.69) is 10.7 Å². The first-order valence-corrected chi connectivity index (χ1v) is 7.58.